The van der Waals surface area contributed by atoms with Crippen LogP contribution in [0.2, 0.25) is 0 Å². The van der Waals surface area contributed by atoms with Crippen LogP contribution in [0.1, 0.15) is 18.4 Å². The number of ether oxygens (including phenoxy) is 3. The highest BCUT2D eigenvalue weighted by atomic mass is 16.6. The van der Waals surface area contributed by atoms with Crippen molar-refractivity contribution in [1.82, 2.24) is 5.32 Å². The van der Waals surface area contributed by atoms with Crippen LogP contribution in [0.5, 0.6) is 5.75 Å². The topological polar surface area (TPSA) is 90.9 Å². The Balaban J connectivity index is 1.70. The van der Waals surface area contributed by atoms with Crippen molar-refractivity contribution in [3.8, 4) is 5.75 Å². The smallest absolute Gasteiger partial charge is 0.415 e. The molecule has 1 aromatic carbocycles. The average molecular weight is 319 g/mol. The highest BCUT2D eigenvalue weighted by molar-refractivity contribution is 5.95. The van der Waals surface area contributed by atoms with Gasteiger partial charge in [0.15, 0.2) is 0 Å². The van der Waals surface area contributed by atoms with Crippen molar-refractivity contribution in [1.29, 1.82) is 0 Å². The van der Waals surface area contributed by atoms with Crippen LogP contribution in [0.15, 0.2) is 36.9 Å². The first-order valence-electron chi connectivity index (χ1n) is 7.09. The summed E-state index contributed by atoms with van der Waals surface area (Å²) in [6.07, 6.45) is 1.03. The lowest BCUT2D eigenvalue weighted by Crippen LogP contribution is -2.29. The van der Waals surface area contributed by atoms with Crippen LogP contribution in [0.3, 0.4) is 0 Å². The molecule has 1 atom stereocenters. The number of alkyl carbamates (subject to hydrolysis) is 1. The van der Waals surface area contributed by atoms with Gasteiger partial charge in [-0.2, -0.15) is 0 Å². The Kier molecular flexibility index (Phi) is 5.74. The summed E-state index contributed by atoms with van der Waals surface area (Å²) in [5, 5.41) is 2.32. The Bertz CT molecular complexity index is 595. The Morgan fingerprint density at radius 2 is 2.04 bits per heavy atom. The fourth-order valence-electron chi connectivity index (χ4n) is 1.92. The van der Waals surface area contributed by atoms with E-state index < -0.39 is 24.1 Å². The largest absolute Gasteiger partial charge is 0.490 e. The van der Waals surface area contributed by atoms with E-state index in [-0.39, 0.29) is 19.4 Å². The Morgan fingerprint density at radius 1 is 1.30 bits per heavy atom. The molecule has 1 saturated heterocycles. The van der Waals surface area contributed by atoms with Crippen LogP contribution in [0.25, 0.3) is 0 Å². The molecule has 0 aliphatic carbocycles. The minimum Gasteiger partial charge on any atom is -0.490 e. The average Bonchev–Trinajstić information content (AvgIpc) is 2.87. The molecule has 1 aliphatic heterocycles. The third kappa shape index (κ3) is 5.14. The van der Waals surface area contributed by atoms with Gasteiger partial charge in [-0.25, -0.2) is 9.59 Å². The lowest BCUT2D eigenvalue weighted by atomic mass is 10.1. The molecule has 122 valence electrons. The summed E-state index contributed by atoms with van der Waals surface area (Å²) < 4.78 is 14.8. The Hall–Kier alpha value is -2.83. The molecular weight excluding hydrogens is 302 g/mol. The fourth-order valence-corrected chi connectivity index (χ4v) is 1.92. The molecule has 0 radical (unpaired) electrons. The number of carbonyl (C=O) groups excluding carboxylic acids is 3. The van der Waals surface area contributed by atoms with Crippen molar-refractivity contribution in [2.45, 2.75) is 25.5 Å². The maximum Gasteiger partial charge on any atom is 0.415 e. The summed E-state index contributed by atoms with van der Waals surface area (Å²) in [5.74, 6) is -0.417. The molecular formula is C16H17NO6. The molecule has 0 aromatic heterocycles. The number of amides is 1. The van der Waals surface area contributed by atoms with Crippen LogP contribution in [0, 0.1) is 0 Å². The lowest BCUT2D eigenvalue weighted by molar-refractivity contribution is -0.145. The Labute approximate surface area is 133 Å². The maximum absolute atomic E-state index is 11.6. The van der Waals surface area contributed by atoms with E-state index in [1.165, 1.54) is 0 Å². The van der Waals surface area contributed by atoms with Crippen LogP contribution in [0.4, 0.5) is 4.79 Å². The third-order valence-electron chi connectivity index (χ3n) is 3.10. The molecule has 7 nitrogen and oxygen atoms in total. The molecule has 0 spiro atoms. The van der Waals surface area contributed by atoms with Crippen LogP contribution < -0.4 is 10.1 Å². The number of cyclic esters (lactones) is 2. The van der Waals surface area contributed by atoms with E-state index in [0.717, 1.165) is 5.56 Å². The zero-order valence-corrected chi connectivity index (χ0v) is 12.4. The van der Waals surface area contributed by atoms with Crippen molar-refractivity contribution in [3.05, 3.63) is 42.5 Å². The zero-order chi connectivity index (χ0) is 16.7. The Morgan fingerprint density at radius 3 is 2.65 bits per heavy atom. The predicted octanol–water partition coefficient (Wildman–Crippen LogP) is 1.71. The number of rotatable bonds is 8. The van der Waals surface area contributed by atoms with Crippen LogP contribution in [-0.2, 0) is 25.7 Å². The highest BCUT2D eigenvalue weighted by Gasteiger charge is 2.32. The van der Waals surface area contributed by atoms with Gasteiger partial charge in [0.25, 0.3) is 0 Å². The molecule has 0 saturated carbocycles. The summed E-state index contributed by atoms with van der Waals surface area (Å²) in [4.78, 5) is 33.7. The first kappa shape index (κ1) is 16.5. The van der Waals surface area contributed by atoms with Gasteiger partial charge in [0, 0.05) is 6.42 Å². The van der Waals surface area contributed by atoms with Gasteiger partial charge in [-0.15, -0.1) is 0 Å². The molecule has 1 heterocycles. The normalized spacial score (nSPS) is 16.4. The first-order valence-corrected chi connectivity index (χ1v) is 7.09. The van der Waals surface area contributed by atoms with Gasteiger partial charge in [-0.3, -0.25) is 4.79 Å². The van der Waals surface area contributed by atoms with Crippen molar-refractivity contribution < 1.29 is 28.6 Å². The fraction of sp³-hybridized carbons (Fsp3) is 0.312. The van der Waals surface area contributed by atoms with Gasteiger partial charge < -0.3 is 19.5 Å². The van der Waals surface area contributed by atoms with Crippen LogP contribution in [-0.4, -0.2) is 30.7 Å². The van der Waals surface area contributed by atoms with Gasteiger partial charge in [-0.05, 0) is 24.1 Å². The summed E-state index contributed by atoms with van der Waals surface area (Å²) in [5.41, 5.74) is 0.817. The molecule has 1 aromatic rings. The maximum atomic E-state index is 11.6. The summed E-state index contributed by atoms with van der Waals surface area (Å²) in [6, 6.07) is 6.35. The van der Waals surface area contributed by atoms with E-state index in [0.29, 0.717) is 12.4 Å². The minimum absolute atomic E-state index is 0.0145. The van der Waals surface area contributed by atoms with Gasteiger partial charge in [0.1, 0.15) is 25.0 Å². The second kappa shape index (κ2) is 7.98. The number of esters is 2. The van der Waals surface area contributed by atoms with Crippen LogP contribution >= 0.6 is 0 Å². The third-order valence-corrected chi connectivity index (χ3v) is 3.10. The molecule has 1 aliphatic rings. The number of nitrogens with one attached hydrogen (secondary N) is 1. The molecule has 1 amide bonds. The van der Waals surface area contributed by atoms with Gasteiger partial charge in [-0.1, -0.05) is 24.8 Å². The van der Waals surface area contributed by atoms with Crippen molar-refractivity contribution >= 4 is 18.0 Å². The summed E-state index contributed by atoms with van der Waals surface area (Å²) in [7, 11) is 0. The lowest BCUT2D eigenvalue weighted by Gasteiger charge is -2.08. The number of benzene rings is 1. The van der Waals surface area contributed by atoms with Crippen molar-refractivity contribution in [2.24, 2.45) is 0 Å². The number of hydrogen-bond acceptors (Lipinski definition) is 6. The SMILES string of the molecule is C=CCOc1ccc(COC(=O)CC[C@H]2NC(=O)OC2=O)cc1. The quantitative estimate of drug-likeness (QED) is 0.445. The second-order valence-corrected chi connectivity index (χ2v) is 4.85. The summed E-state index contributed by atoms with van der Waals surface area (Å²) in [6.45, 7) is 4.11. The first-order chi connectivity index (χ1) is 11.1. The zero-order valence-electron chi connectivity index (χ0n) is 12.4. The number of carbonyl (C=O) groups is 3. The van der Waals surface area contributed by atoms with Gasteiger partial charge >= 0.3 is 18.0 Å². The van der Waals surface area contributed by atoms with Gasteiger partial charge in [0.2, 0.25) is 0 Å². The highest BCUT2D eigenvalue weighted by Crippen LogP contribution is 2.13. The predicted molar refractivity (Wildman–Crippen MR) is 79.6 cm³/mol. The standard InChI is InChI=1S/C16H17NO6/c1-2-9-21-12-5-3-11(4-6-12)10-22-14(18)8-7-13-15(19)23-16(20)17-13/h2-6,13H,1,7-10H2,(H,17,20)/t13-/m1/s1. The van der Waals surface area contributed by atoms with E-state index >= 15 is 0 Å². The van der Waals surface area contributed by atoms with Crippen molar-refractivity contribution in [2.75, 3.05) is 6.61 Å². The van der Waals surface area contributed by atoms with E-state index in [9.17, 15) is 14.4 Å². The number of hydrogen-bond donors (Lipinski definition) is 1. The minimum atomic E-state index is -0.785. The monoisotopic (exact) mass is 319 g/mol. The van der Waals surface area contributed by atoms with Crippen molar-refractivity contribution in [3.63, 3.8) is 0 Å². The molecule has 1 fully saturated rings. The molecule has 23 heavy (non-hydrogen) atoms. The summed E-state index contributed by atoms with van der Waals surface area (Å²) >= 11 is 0. The molecule has 1 N–H and O–H groups in total. The molecule has 0 unspecified atom stereocenters. The molecule has 2 rings (SSSR count). The van der Waals surface area contributed by atoms with E-state index in [1.54, 1.807) is 30.3 Å². The van der Waals surface area contributed by atoms with E-state index in [1.807, 2.05) is 0 Å². The second-order valence-electron chi connectivity index (χ2n) is 4.85. The van der Waals surface area contributed by atoms with Gasteiger partial charge in [0.05, 0.1) is 0 Å². The van der Waals surface area contributed by atoms with E-state index in [2.05, 4.69) is 16.6 Å². The molecule has 0 bridgehead atoms. The molecule has 7 heteroatoms. The van der Waals surface area contributed by atoms with E-state index in [4.69, 9.17) is 9.47 Å².